The van der Waals surface area contributed by atoms with Gasteiger partial charge in [0.05, 0.1) is 11.3 Å². The Morgan fingerprint density at radius 2 is 1.91 bits per heavy atom. The monoisotopic (exact) mass is 335 g/mol. The molecule has 0 atom stereocenters. The van der Waals surface area contributed by atoms with Crippen LogP contribution in [0.3, 0.4) is 0 Å². The average Bonchev–Trinajstić information content (AvgIpc) is 2.68. The molecule has 116 valence electrons. The van der Waals surface area contributed by atoms with Gasteiger partial charge in [-0.15, -0.1) is 0 Å². The highest BCUT2D eigenvalue weighted by atomic mass is 32.2. The fourth-order valence-electron chi connectivity index (χ4n) is 2.18. The Morgan fingerprint density at radius 1 is 1.27 bits per heavy atom. The van der Waals surface area contributed by atoms with Crippen molar-refractivity contribution < 1.29 is 14.7 Å². The third-order valence-electron chi connectivity index (χ3n) is 3.59. The molecule has 0 aromatic heterocycles. The number of amides is 1. The highest BCUT2D eigenvalue weighted by Crippen LogP contribution is 2.33. The zero-order chi connectivity index (χ0) is 16.4. The molecule has 1 fully saturated rings. The van der Waals surface area contributed by atoms with Gasteiger partial charge in [0.15, 0.2) is 0 Å². The summed E-state index contributed by atoms with van der Waals surface area (Å²) in [4.78, 5) is 24.9. The first kappa shape index (κ1) is 16.7. The predicted octanol–water partition coefficient (Wildman–Crippen LogP) is 3.29. The van der Waals surface area contributed by atoms with Gasteiger partial charge in [0.1, 0.15) is 4.32 Å². The average molecular weight is 335 g/mol. The maximum absolute atomic E-state index is 12.4. The zero-order valence-electron chi connectivity index (χ0n) is 12.7. The Morgan fingerprint density at radius 3 is 2.55 bits per heavy atom. The number of hydrogen-bond acceptors (Lipinski definition) is 4. The van der Waals surface area contributed by atoms with Gasteiger partial charge in [-0.2, -0.15) is 0 Å². The summed E-state index contributed by atoms with van der Waals surface area (Å²) in [6, 6.07) is 4.14. The number of benzene rings is 1. The molecule has 1 heterocycles. The van der Waals surface area contributed by atoms with Crippen LogP contribution in [0.2, 0.25) is 0 Å². The number of thioether (sulfide) groups is 1. The molecule has 6 heteroatoms. The van der Waals surface area contributed by atoms with Crippen LogP contribution in [-0.4, -0.2) is 32.7 Å². The van der Waals surface area contributed by atoms with E-state index in [1.807, 2.05) is 19.9 Å². The number of thiocarbonyl (C=S) groups is 1. The Bertz CT molecular complexity index is 695. The van der Waals surface area contributed by atoms with Crippen LogP contribution in [-0.2, 0) is 9.59 Å². The summed E-state index contributed by atoms with van der Waals surface area (Å²) in [6.45, 7) is 6.20. The maximum atomic E-state index is 12.4. The Hall–Kier alpha value is -1.66. The van der Waals surface area contributed by atoms with E-state index in [1.54, 1.807) is 0 Å². The first-order chi connectivity index (χ1) is 10.3. The van der Waals surface area contributed by atoms with Crippen molar-refractivity contribution in [3.05, 3.63) is 39.3 Å². The molecule has 1 saturated heterocycles. The van der Waals surface area contributed by atoms with E-state index in [0.29, 0.717) is 9.23 Å². The van der Waals surface area contributed by atoms with Crippen LogP contribution < -0.4 is 0 Å². The topological polar surface area (TPSA) is 57.6 Å². The van der Waals surface area contributed by atoms with Crippen molar-refractivity contribution >= 4 is 46.3 Å². The van der Waals surface area contributed by atoms with Crippen LogP contribution in [0.15, 0.2) is 17.0 Å². The highest BCUT2D eigenvalue weighted by molar-refractivity contribution is 8.26. The van der Waals surface area contributed by atoms with Crippen molar-refractivity contribution in [3.8, 4) is 0 Å². The van der Waals surface area contributed by atoms with Gasteiger partial charge in [0.25, 0.3) is 5.91 Å². The highest BCUT2D eigenvalue weighted by Gasteiger charge is 2.32. The minimum atomic E-state index is -0.942. The van der Waals surface area contributed by atoms with Crippen molar-refractivity contribution in [3.63, 3.8) is 0 Å². The van der Waals surface area contributed by atoms with Crippen LogP contribution in [0.25, 0.3) is 6.08 Å². The molecule has 0 unspecified atom stereocenters. The number of rotatable bonds is 4. The number of hydrogen-bond donors (Lipinski definition) is 1. The lowest BCUT2D eigenvalue weighted by molar-refractivity contribution is -0.137. The maximum Gasteiger partial charge on any atom is 0.305 e. The Labute approximate surface area is 139 Å². The standard InChI is InChI=1S/C16H17NO3S2/c1-9-6-11(3)12(7-10(9)2)8-13-15(20)17(16(21)22-13)5-4-14(18)19/h6-8H,4-5H2,1-3H3,(H,18,19). The SMILES string of the molecule is Cc1cc(C)c(C=C2SC(=S)N(CCC(=O)O)C2=O)cc1C. The third-order valence-corrected chi connectivity index (χ3v) is 4.97. The molecular weight excluding hydrogens is 318 g/mol. The van der Waals surface area contributed by atoms with Crippen molar-refractivity contribution in [2.75, 3.05) is 6.54 Å². The lowest BCUT2D eigenvalue weighted by Crippen LogP contribution is -2.30. The number of carboxylic acids is 1. The van der Waals surface area contributed by atoms with Gasteiger partial charge < -0.3 is 5.11 Å². The predicted molar refractivity (Wildman–Crippen MR) is 92.8 cm³/mol. The summed E-state index contributed by atoms with van der Waals surface area (Å²) in [5.74, 6) is -1.16. The minimum absolute atomic E-state index is 0.109. The van der Waals surface area contributed by atoms with Gasteiger partial charge in [-0.3, -0.25) is 14.5 Å². The largest absolute Gasteiger partial charge is 0.481 e. The van der Waals surface area contributed by atoms with Gasteiger partial charge in [-0.1, -0.05) is 36.1 Å². The molecule has 0 spiro atoms. The van der Waals surface area contributed by atoms with Crippen molar-refractivity contribution in [2.45, 2.75) is 27.2 Å². The molecule has 1 aliphatic rings. The molecule has 1 aromatic rings. The lowest BCUT2D eigenvalue weighted by atomic mass is 10.0. The van der Waals surface area contributed by atoms with E-state index in [0.717, 1.165) is 11.1 Å². The quantitative estimate of drug-likeness (QED) is 0.676. The normalized spacial score (nSPS) is 16.7. The zero-order valence-corrected chi connectivity index (χ0v) is 14.3. The fourth-order valence-corrected chi connectivity index (χ4v) is 3.48. The molecule has 2 rings (SSSR count). The van der Waals surface area contributed by atoms with Crippen molar-refractivity contribution in [2.24, 2.45) is 0 Å². The molecule has 22 heavy (non-hydrogen) atoms. The van der Waals surface area contributed by atoms with Gasteiger partial charge in [0, 0.05) is 6.54 Å². The second kappa shape index (κ2) is 6.62. The minimum Gasteiger partial charge on any atom is -0.481 e. The Balaban J connectivity index is 2.27. The molecule has 1 aromatic carbocycles. The molecule has 1 aliphatic heterocycles. The Kier molecular flexibility index (Phi) is 5.03. The molecule has 4 nitrogen and oxygen atoms in total. The summed E-state index contributed by atoms with van der Waals surface area (Å²) in [5, 5.41) is 8.74. The van der Waals surface area contributed by atoms with Gasteiger partial charge >= 0.3 is 5.97 Å². The molecule has 0 aliphatic carbocycles. The van der Waals surface area contributed by atoms with E-state index < -0.39 is 5.97 Å². The van der Waals surface area contributed by atoms with E-state index in [9.17, 15) is 9.59 Å². The summed E-state index contributed by atoms with van der Waals surface area (Å²) in [5.41, 5.74) is 4.46. The summed E-state index contributed by atoms with van der Waals surface area (Å²) in [7, 11) is 0. The van der Waals surface area contributed by atoms with Crippen LogP contribution in [0.1, 0.15) is 28.7 Å². The summed E-state index contributed by atoms with van der Waals surface area (Å²) < 4.78 is 0.416. The van der Waals surface area contributed by atoms with Crippen molar-refractivity contribution in [1.82, 2.24) is 4.90 Å². The molecule has 0 radical (unpaired) electrons. The number of carbonyl (C=O) groups is 2. The van der Waals surface area contributed by atoms with Gasteiger partial charge in [-0.05, 0) is 49.1 Å². The number of carbonyl (C=O) groups excluding carboxylic acids is 1. The molecule has 1 amide bonds. The van der Waals surface area contributed by atoms with Crippen LogP contribution >= 0.6 is 24.0 Å². The van der Waals surface area contributed by atoms with E-state index in [4.69, 9.17) is 17.3 Å². The van der Waals surface area contributed by atoms with E-state index in [-0.39, 0.29) is 18.9 Å². The van der Waals surface area contributed by atoms with Gasteiger partial charge in [0.2, 0.25) is 0 Å². The fraction of sp³-hybridized carbons (Fsp3) is 0.312. The van der Waals surface area contributed by atoms with Crippen LogP contribution in [0.4, 0.5) is 0 Å². The number of nitrogens with zero attached hydrogens (tertiary/aromatic N) is 1. The van der Waals surface area contributed by atoms with Crippen molar-refractivity contribution in [1.29, 1.82) is 0 Å². The van der Waals surface area contributed by atoms with Crippen LogP contribution in [0.5, 0.6) is 0 Å². The number of aliphatic carboxylic acids is 1. The molecular formula is C16H17NO3S2. The number of carboxylic acid groups (broad SMARTS) is 1. The smallest absolute Gasteiger partial charge is 0.305 e. The first-order valence-corrected chi connectivity index (χ1v) is 8.07. The third kappa shape index (κ3) is 3.56. The lowest BCUT2D eigenvalue weighted by Gasteiger charge is -2.12. The second-order valence-electron chi connectivity index (χ2n) is 5.27. The van der Waals surface area contributed by atoms with Gasteiger partial charge in [-0.25, -0.2) is 0 Å². The van der Waals surface area contributed by atoms with Crippen LogP contribution in [0, 0.1) is 20.8 Å². The summed E-state index contributed by atoms with van der Waals surface area (Å²) in [6.07, 6.45) is 1.73. The molecule has 0 saturated carbocycles. The number of aryl methyl sites for hydroxylation is 3. The van der Waals surface area contributed by atoms with E-state index in [2.05, 4.69) is 19.1 Å². The second-order valence-corrected chi connectivity index (χ2v) is 6.95. The summed E-state index contributed by atoms with van der Waals surface area (Å²) >= 11 is 6.40. The molecule has 1 N–H and O–H groups in total. The van der Waals surface area contributed by atoms with E-state index in [1.165, 1.54) is 27.8 Å². The first-order valence-electron chi connectivity index (χ1n) is 6.84. The van der Waals surface area contributed by atoms with E-state index >= 15 is 0 Å². The molecule has 0 bridgehead atoms.